The third-order valence-electron chi connectivity index (χ3n) is 2.27. The van der Waals surface area contributed by atoms with Gasteiger partial charge in [-0.15, -0.1) is 0 Å². The van der Waals surface area contributed by atoms with Crippen LogP contribution in [0.25, 0.3) is 5.57 Å². The number of benzene rings is 1. The molecule has 1 N–H and O–H groups in total. The van der Waals surface area contributed by atoms with Crippen LogP contribution in [-0.4, -0.2) is 14.3 Å². The lowest BCUT2D eigenvalue weighted by Crippen LogP contribution is -2.22. The van der Waals surface area contributed by atoms with Gasteiger partial charge < -0.3 is 0 Å². The quantitative estimate of drug-likeness (QED) is 0.768. The van der Waals surface area contributed by atoms with Crippen molar-refractivity contribution >= 4 is 21.5 Å². The summed E-state index contributed by atoms with van der Waals surface area (Å²) in [6.45, 7) is 1.43. The number of carbonyl (C=O) groups excluding carboxylic acids is 1. The Labute approximate surface area is 87.7 Å². The third kappa shape index (κ3) is 1.55. The van der Waals surface area contributed by atoms with E-state index in [1.54, 1.807) is 30.3 Å². The van der Waals surface area contributed by atoms with Crippen molar-refractivity contribution in [2.45, 2.75) is 6.92 Å². The molecule has 0 aliphatic carbocycles. The van der Waals surface area contributed by atoms with Gasteiger partial charge in [0.2, 0.25) is 0 Å². The molecule has 0 saturated carbocycles. The number of allylic oxidation sites excluding steroid dienone is 1. The van der Waals surface area contributed by atoms with Gasteiger partial charge in [0.1, 0.15) is 0 Å². The zero-order valence-corrected chi connectivity index (χ0v) is 8.84. The van der Waals surface area contributed by atoms with Gasteiger partial charge in [0.25, 0.3) is 15.9 Å². The molecule has 15 heavy (non-hydrogen) atoms. The van der Waals surface area contributed by atoms with Crippen LogP contribution in [0, 0.1) is 0 Å². The Balaban J connectivity index is 2.65. The second-order valence-electron chi connectivity index (χ2n) is 3.23. The summed E-state index contributed by atoms with van der Waals surface area (Å²) in [5.41, 5.74) is 0.851. The molecule has 5 heteroatoms. The topological polar surface area (TPSA) is 63.2 Å². The summed E-state index contributed by atoms with van der Waals surface area (Å²) >= 11 is 0. The lowest BCUT2D eigenvalue weighted by atomic mass is 10.1. The molecule has 1 amide bonds. The van der Waals surface area contributed by atoms with Gasteiger partial charge in [-0.25, -0.2) is 13.1 Å². The van der Waals surface area contributed by atoms with Crippen LogP contribution in [0.3, 0.4) is 0 Å². The van der Waals surface area contributed by atoms with Crippen molar-refractivity contribution < 1.29 is 13.2 Å². The first-order chi connectivity index (χ1) is 7.02. The fraction of sp³-hybridized carbons (Fsp3) is 0.100. The second kappa shape index (κ2) is 3.20. The highest BCUT2D eigenvalue weighted by Crippen LogP contribution is 2.26. The summed E-state index contributed by atoms with van der Waals surface area (Å²) in [5.74, 6) is -0.557. The molecule has 1 aliphatic rings. The highest BCUT2D eigenvalue weighted by atomic mass is 32.2. The van der Waals surface area contributed by atoms with Gasteiger partial charge in [-0.2, -0.15) is 0 Å². The van der Waals surface area contributed by atoms with Gasteiger partial charge >= 0.3 is 0 Å². The van der Waals surface area contributed by atoms with Gasteiger partial charge in [-0.3, -0.25) is 4.79 Å². The molecule has 0 aromatic heterocycles. The van der Waals surface area contributed by atoms with Gasteiger partial charge in [0, 0.05) is 0 Å². The zero-order valence-electron chi connectivity index (χ0n) is 8.02. The molecule has 0 radical (unpaired) electrons. The molecule has 1 aliphatic heterocycles. The van der Waals surface area contributed by atoms with Crippen molar-refractivity contribution in [3.63, 3.8) is 0 Å². The van der Waals surface area contributed by atoms with E-state index in [9.17, 15) is 13.2 Å². The fourth-order valence-electron chi connectivity index (χ4n) is 1.48. The van der Waals surface area contributed by atoms with E-state index in [0.717, 1.165) is 0 Å². The normalized spacial score (nSPS) is 19.1. The van der Waals surface area contributed by atoms with E-state index in [1.165, 1.54) is 6.92 Å². The molecular weight excluding hydrogens is 214 g/mol. The van der Waals surface area contributed by atoms with Crippen LogP contribution in [0.5, 0.6) is 0 Å². The van der Waals surface area contributed by atoms with Gasteiger partial charge in [0.05, 0.1) is 10.5 Å². The summed E-state index contributed by atoms with van der Waals surface area (Å²) in [6.07, 6.45) is 0. The van der Waals surface area contributed by atoms with Gasteiger partial charge in [0.15, 0.2) is 0 Å². The number of rotatable bonds is 1. The molecule has 1 aromatic rings. The van der Waals surface area contributed by atoms with Crippen LogP contribution in [-0.2, 0) is 14.8 Å². The average Bonchev–Trinajstić information content (AvgIpc) is 2.38. The van der Waals surface area contributed by atoms with E-state index in [4.69, 9.17) is 0 Å². The molecule has 1 aromatic carbocycles. The van der Waals surface area contributed by atoms with E-state index in [-0.39, 0.29) is 10.5 Å². The summed E-state index contributed by atoms with van der Waals surface area (Å²) in [6, 6.07) is 8.74. The molecule has 2 rings (SSSR count). The standard InChI is InChI=1S/C10H9NO3S/c1-7-9(8-5-3-2-4-6-8)10(12)11-15(7,13)14/h2-6H,1H3,(H,11,12). The number of sulfonamides is 1. The Morgan fingerprint density at radius 3 is 2.20 bits per heavy atom. The van der Waals surface area contributed by atoms with Crippen LogP contribution < -0.4 is 4.72 Å². The lowest BCUT2D eigenvalue weighted by Gasteiger charge is -1.98. The maximum absolute atomic E-state index is 11.5. The van der Waals surface area contributed by atoms with E-state index in [0.29, 0.717) is 5.56 Å². The highest BCUT2D eigenvalue weighted by Gasteiger charge is 2.32. The van der Waals surface area contributed by atoms with Crippen molar-refractivity contribution in [3.05, 3.63) is 40.8 Å². The molecule has 0 saturated heterocycles. The van der Waals surface area contributed by atoms with Crippen molar-refractivity contribution in [3.8, 4) is 0 Å². The largest absolute Gasteiger partial charge is 0.268 e. The minimum absolute atomic E-state index is 0.0821. The summed E-state index contributed by atoms with van der Waals surface area (Å²) in [5, 5.41) is 0. The number of hydrogen-bond acceptors (Lipinski definition) is 3. The van der Waals surface area contributed by atoms with Crippen LogP contribution in [0.1, 0.15) is 12.5 Å². The van der Waals surface area contributed by atoms with Crippen LogP contribution in [0.15, 0.2) is 35.2 Å². The Kier molecular flexibility index (Phi) is 2.12. The number of carbonyl (C=O) groups is 1. The van der Waals surface area contributed by atoms with Crippen LogP contribution in [0.2, 0.25) is 0 Å². The summed E-state index contributed by atoms with van der Waals surface area (Å²) < 4.78 is 24.7. The third-order valence-corrected chi connectivity index (χ3v) is 3.74. The molecule has 78 valence electrons. The fourth-order valence-corrected chi connectivity index (χ4v) is 2.46. The SMILES string of the molecule is CC1=C(c2ccccc2)C(=O)NS1(=O)=O. The second-order valence-corrected chi connectivity index (χ2v) is 5.06. The predicted octanol–water partition coefficient (Wildman–Crippen LogP) is 0.877. The highest BCUT2D eigenvalue weighted by molar-refractivity contribution is 7.94. The van der Waals surface area contributed by atoms with Crippen molar-refractivity contribution in [1.29, 1.82) is 0 Å². The smallest absolute Gasteiger partial charge is 0.266 e. The molecule has 0 unspecified atom stereocenters. The predicted molar refractivity (Wildman–Crippen MR) is 56.1 cm³/mol. The molecule has 0 spiro atoms. The monoisotopic (exact) mass is 223 g/mol. The molecular formula is C10H9NO3S. The summed E-state index contributed by atoms with van der Waals surface area (Å²) in [7, 11) is -3.59. The van der Waals surface area contributed by atoms with Crippen LogP contribution in [0.4, 0.5) is 0 Å². The average molecular weight is 223 g/mol. The Morgan fingerprint density at radius 2 is 1.73 bits per heavy atom. The van der Waals surface area contributed by atoms with Crippen molar-refractivity contribution in [2.75, 3.05) is 0 Å². The molecule has 4 nitrogen and oxygen atoms in total. The number of nitrogens with one attached hydrogen (secondary N) is 1. The molecule has 1 heterocycles. The number of amides is 1. The van der Waals surface area contributed by atoms with Crippen molar-refractivity contribution in [1.82, 2.24) is 4.72 Å². The Hall–Kier alpha value is -1.62. The molecule has 0 bridgehead atoms. The zero-order chi connectivity index (χ0) is 11.1. The minimum atomic E-state index is -3.59. The minimum Gasteiger partial charge on any atom is -0.268 e. The molecule has 0 atom stereocenters. The first kappa shape index (κ1) is 9.92. The van der Waals surface area contributed by atoms with E-state index in [1.807, 2.05) is 4.72 Å². The molecule has 0 fully saturated rings. The van der Waals surface area contributed by atoms with Gasteiger partial charge in [-0.05, 0) is 12.5 Å². The summed E-state index contributed by atoms with van der Waals surface area (Å²) in [4.78, 5) is 11.5. The van der Waals surface area contributed by atoms with E-state index < -0.39 is 15.9 Å². The lowest BCUT2D eigenvalue weighted by molar-refractivity contribution is -0.113. The number of hydrogen-bond donors (Lipinski definition) is 1. The van der Waals surface area contributed by atoms with Crippen molar-refractivity contribution in [2.24, 2.45) is 0 Å². The Bertz CT molecular complexity index is 543. The Morgan fingerprint density at radius 1 is 1.13 bits per heavy atom. The van der Waals surface area contributed by atoms with E-state index in [2.05, 4.69) is 0 Å². The van der Waals surface area contributed by atoms with Gasteiger partial charge in [-0.1, -0.05) is 30.3 Å². The maximum atomic E-state index is 11.5. The van der Waals surface area contributed by atoms with E-state index >= 15 is 0 Å². The maximum Gasteiger partial charge on any atom is 0.266 e. The first-order valence-electron chi connectivity index (χ1n) is 4.36. The van der Waals surface area contributed by atoms with Crippen LogP contribution >= 0.6 is 0 Å². The first-order valence-corrected chi connectivity index (χ1v) is 5.84.